The van der Waals surface area contributed by atoms with Crippen LogP contribution in [0.3, 0.4) is 0 Å². The highest BCUT2D eigenvalue weighted by Crippen LogP contribution is 2.15. The summed E-state index contributed by atoms with van der Waals surface area (Å²) in [6.07, 6.45) is -0.516. The number of hydrogen-bond acceptors (Lipinski definition) is 8. The molecular weight excluding hydrogens is 406 g/mol. The van der Waals surface area contributed by atoms with E-state index in [0.717, 1.165) is 12.1 Å². The highest BCUT2D eigenvalue weighted by atomic mass is 32.2. The van der Waals surface area contributed by atoms with E-state index in [1.54, 1.807) is 20.8 Å². The normalized spacial score (nSPS) is 11.8. The Balaban J connectivity index is 2.10. The maximum absolute atomic E-state index is 12.1. The Morgan fingerprint density at radius 3 is 2.10 bits per heavy atom. The summed E-state index contributed by atoms with van der Waals surface area (Å²) in [4.78, 5) is 21.3. The molecule has 0 saturated carbocycles. The first kappa shape index (κ1) is 24.8. The number of nitro groups is 1. The van der Waals surface area contributed by atoms with Crippen LogP contribution >= 0.6 is 0 Å². The number of nitro benzene ring substituents is 1. The van der Waals surface area contributed by atoms with Crippen molar-refractivity contribution in [3.05, 3.63) is 34.4 Å². The summed E-state index contributed by atoms with van der Waals surface area (Å²) in [5.74, 6) is 0. The van der Waals surface area contributed by atoms with Crippen molar-refractivity contribution < 1.29 is 32.3 Å². The van der Waals surface area contributed by atoms with E-state index >= 15 is 0 Å². The Morgan fingerprint density at radius 2 is 1.59 bits per heavy atom. The molecule has 0 saturated heterocycles. The maximum atomic E-state index is 12.1. The van der Waals surface area contributed by atoms with Crippen molar-refractivity contribution >= 4 is 21.8 Å². The molecule has 1 rings (SSSR count). The average molecular weight is 433 g/mol. The van der Waals surface area contributed by atoms with Gasteiger partial charge in [-0.3, -0.25) is 10.1 Å². The third-order valence-electron chi connectivity index (χ3n) is 3.18. The number of nitrogens with zero attached hydrogens (tertiary/aromatic N) is 1. The first-order valence-corrected chi connectivity index (χ1v) is 10.4. The fourth-order valence-electron chi connectivity index (χ4n) is 1.94. The molecule has 1 amide bonds. The van der Waals surface area contributed by atoms with Crippen molar-refractivity contribution in [2.45, 2.75) is 31.3 Å². The van der Waals surface area contributed by atoms with Crippen LogP contribution in [0.25, 0.3) is 0 Å². The summed E-state index contributed by atoms with van der Waals surface area (Å²) in [7, 11) is -3.76. The van der Waals surface area contributed by atoms with Crippen molar-refractivity contribution in [2.24, 2.45) is 0 Å². The summed E-state index contributed by atoms with van der Waals surface area (Å²) in [6.45, 7) is 6.60. The molecule has 0 spiro atoms. The van der Waals surface area contributed by atoms with E-state index in [0.29, 0.717) is 6.54 Å². The largest absolute Gasteiger partial charge is 0.444 e. The Labute approximate surface area is 169 Å². The zero-order valence-corrected chi connectivity index (χ0v) is 17.5. The van der Waals surface area contributed by atoms with Crippen LogP contribution in [0.4, 0.5) is 10.5 Å². The van der Waals surface area contributed by atoms with E-state index in [9.17, 15) is 23.3 Å². The van der Waals surface area contributed by atoms with E-state index in [-0.39, 0.29) is 43.6 Å². The van der Waals surface area contributed by atoms with Gasteiger partial charge in [0.15, 0.2) is 0 Å². The van der Waals surface area contributed by atoms with Crippen molar-refractivity contribution in [3.8, 4) is 0 Å². The monoisotopic (exact) mass is 433 g/mol. The molecule has 0 aliphatic heterocycles. The molecule has 11 nitrogen and oxygen atoms in total. The number of amides is 1. The Kier molecular flexibility index (Phi) is 9.95. The molecule has 164 valence electrons. The Morgan fingerprint density at radius 1 is 1.03 bits per heavy atom. The van der Waals surface area contributed by atoms with Crippen LogP contribution in [-0.4, -0.2) is 64.6 Å². The molecule has 0 heterocycles. The standard InChI is InChI=1S/C17H27N3O8S/c1-17(2,3)28-16(21)18-8-10-26-12-13-27-11-9-19-29(24,25)15-6-4-14(5-7-15)20(22)23/h4-7,19H,8-13H2,1-3H3,(H,18,21). The number of sulfonamides is 1. The first-order valence-electron chi connectivity index (χ1n) is 8.88. The lowest BCUT2D eigenvalue weighted by atomic mass is 10.2. The van der Waals surface area contributed by atoms with Gasteiger partial charge in [0.25, 0.3) is 5.69 Å². The molecule has 2 N–H and O–H groups in total. The summed E-state index contributed by atoms with van der Waals surface area (Å²) in [6, 6.07) is 4.58. The number of hydrogen-bond donors (Lipinski definition) is 2. The van der Waals surface area contributed by atoms with Gasteiger partial charge in [0.05, 0.1) is 36.2 Å². The van der Waals surface area contributed by atoms with Gasteiger partial charge >= 0.3 is 6.09 Å². The molecule has 29 heavy (non-hydrogen) atoms. The Bertz CT molecular complexity index is 760. The van der Waals surface area contributed by atoms with Gasteiger partial charge in [-0.25, -0.2) is 17.9 Å². The number of non-ortho nitro benzene ring substituents is 1. The van der Waals surface area contributed by atoms with Crippen molar-refractivity contribution in [2.75, 3.05) is 39.5 Å². The predicted molar refractivity (Wildman–Crippen MR) is 104 cm³/mol. The van der Waals surface area contributed by atoms with Crippen LogP contribution in [0, 0.1) is 10.1 Å². The molecule has 0 fully saturated rings. The Hall–Kier alpha value is -2.28. The molecule has 0 bridgehead atoms. The quantitative estimate of drug-likeness (QED) is 0.286. The summed E-state index contributed by atoms with van der Waals surface area (Å²) < 4.78 is 42.1. The third kappa shape index (κ3) is 10.7. The molecule has 0 aliphatic carbocycles. The minimum Gasteiger partial charge on any atom is -0.444 e. The number of alkyl carbamates (subject to hydrolysis) is 1. The summed E-state index contributed by atoms with van der Waals surface area (Å²) in [5, 5.41) is 13.1. The third-order valence-corrected chi connectivity index (χ3v) is 4.66. The van der Waals surface area contributed by atoms with E-state index in [2.05, 4.69) is 10.0 Å². The first-order chi connectivity index (χ1) is 13.5. The van der Waals surface area contributed by atoms with Gasteiger partial charge in [0, 0.05) is 25.2 Å². The number of carbonyl (C=O) groups is 1. The zero-order chi connectivity index (χ0) is 21.9. The van der Waals surface area contributed by atoms with Crippen LogP contribution in [0.15, 0.2) is 29.2 Å². The highest BCUT2D eigenvalue weighted by Gasteiger charge is 2.16. The number of rotatable bonds is 12. The lowest BCUT2D eigenvalue weighted by Crippen LogP contribution is -2.34. The molecular formula is C17H27N3O8S. The van der Waals surface area contributed by atoms with Gasteiger partial charge in [0.2, 0.25) is 10.0 Å². The molecule has 0 aliphatic rings. The minimum absolute atomic E-state index is 0.0412. The second-order valence-corrected chi connectivity index (χ2v) is 8.57. The van der Waals surface area contributed by atoms with Crippen molar-refractivity contribution in [1.82, 2.24) is 10.0 Å². The fraction of sp³-hybridized carbons (Fsp3) is 0.588. The molecule has 0 atom stereocenters. The number of benzene rings is 1. The zero-order valence-electron chi connectivity index (χ0n) is 16.7. The van der Waals surface area contributed by atoms with E-state index < -0.39 is 26.6 Å². The van der Waals surface area contributed by atoms with E-state index in [1.807, 2.05) is 0 Å². The number of carbonyl (C=O) groups excluding carboxylic acids is 1. The molecule has 0 unspecified atom stereocenters. The second-order valence-electron chi connectivity index (χ2n) is 6.80. The minimum atomic E-state index is -3.76. The fourth-order valence-corrected chi connectivity index (χ4v) is 2.95. The van der Waals surface area contributed by atoms with Crippen LogP contribution in [0.5, 0.6) is 0 Å². The highest BCUT2D eigenvalue weighted by molar-refractivity contribution is 7.89. The van der Waals surface area contributed by atoms with Crippen LogP contribution in [0.2, 0.25) is 0 Å². The summed E-state index contributed by atoms with van der Waals surface area (Å²) >= 11 is 0. The van der Waals surface area contributed by atoms with Gasteiger partial charge in [-0.1, -0.05) is 0 Å². The second kappa shape index (κ2) is 11.7. The van der Waals surface area contributed by atoms with Crippen molar-refractivity contribution in [1.29, 1.82) is 0 Å². The lowest BCUT2D eigenvalue weighted by Gasteiger charge is -2.19. The van der Waals surface area contributed by atoms with Crippen LogP contribution in [0.1, 0.15) is 20.8 Å². The molecule has 1 aromatic carbocycles. The van der Waals surface area contributed by atoms with Crippen LogP contribution in [-0.2, 0) is 24.2 Å². The van der Waals surface area contributed by atoms with Gasteiger partial charge in [-0.2, -0.15) is 0 Å². The number of nitrogens with one attached hydrogen (secondary N) is 2. The molecule has 0 aromatic heterocycles. The van der Waals surface area contributed by atoms with Gasteiger partial charge in [-0.15, -0.1) is 0 Å². The maximum Gasteiger partial charge on any atom is 0.407 e. The lowest BCUT2D eigenvalue weighted by molar-refractivity contribution is -0.384. The van der Waals surface area contributed by atoms with Crippen molar-refractivity contribution in [3.63, 3.8) is 0 Å². The average Bonchev–Trinajstić information content (AvgIpc) is 2.61. The van der Waals surface area contributed by atoms with Gasteiger partial charge < -0.3 is 19.5 Å². The molecule has 1 aromatic rings. The summed E-state index contributed by atoms with van der Waals surface area (Å²) in [5.41, 5.74) is -0.743. The topological polar surface area (TPSA) is 146 Å². The number of ether oxygens (including phenoxy) is 3. The molecule has 12 heteroatoms. The van der Waals surface area contributed by atoms with Gasteiger partial charge in [-0.05, 0) is 32.9 Å². The smallest absolute Gasteiger partial charge is 0.407 e. The van der Waals surface area contributed by atoms with Crippen LogP contribution < -0.4 is 10.0 Å². The SMILES string of the molecule is CC(C)(C)OC(=O)NCCOCCOCCNS(=O)(=O)c1ccc([N+](=O)[O-])cc1. The molecule has 0 radical (unpaired) electrons. The van der Waals surface area contributed by atoms with E-state index in [4.69, 9.17) is 14.2 Å². The van der Waals surface area contributed by atoms with Gasteiger partial charge in [0.1, 0.15) is 5.60 Å². The predicted octanol–water partition coefficient (Wildman–Crippen LogP) is 1.43. The van der Waals surface area contributed by atoms with E-state index in [1.165, 1.54) is 12.1 Å².